The second kappa shape index (κ2) is 14.5. The second-order valence-electron chi connectivity index (χ2n) is 15.0. The minimum Gasteiger partial charge on any atom is -0.329 e. The van der Waals surface area contributed by atoms with Crippen molar-refractivity contribution in [2.45, 2.75) is 76.3 Å². The largest absolute Gasteiger partial charge is 0.329 e. The number of piperidine rings is 2. The predicted octanol–water partition coefficient (Wildman–Crippen LogP) is 5.10. The minimum atomic E-state index is -2.74. The number of carbonyl (C=O) groups is 4. The van der Waals surface area contributed by atoms with E-state index in [-0.39, 0.29) is 62.8 Å². The number of hydrogen-bond acceptors (Lipinski definition) is 6. The van der Waals surface area contributed by atoms with Crippen molar-refractivity contribution in [1.82, 2.24) is 25.0 Å². The number of amides is 5. The number of rotatable bonds is 9. The van der Waals surface area contributed by atoms with E-state index in [2.05, 4.69) is 20.9 Å². The Kier molecular flexibility index (Phi) is 9.96. The SMILES string of the molecule is CCC1(C(=O)N(CC(=O)Nc2ccc3c(c2)C[C@@]2(C3)C(=O)Nc3ncccc32)Cc2ccccc2CNC)CCN(C(=O)N2CCC(F)(F)CC2)CC1. The summed E-state index contributed by atoms with van der Waals surface area (Å²) in [5.74, 6) is -2.71. The van der Waals surface area contributed by atoms with Crippen molar-refractivity contribution < 1.29 is 28.0 Å². The molecule has 0 radical (unpaired) electrons. The van der Waals surface area contributed by atoms with Crippen molar-refractivity contribution in [1.29, 1.82) is 0 Å². The van der Waals surface area contributed by atoms with Crippen LogP contribution < -0.4 is 16.0 Å². The standard InChI is InChI=1S/C40H47F2N7O4/c1-3-38(12-17-47(18-13-38)37(53)48-19-14-40(41,42)15-20-48)36(52)49(25-29-8-5-4-7-28(29)24-43-2)26-33(50)45-31-11-10-27-22-39(23-30(27)21-31)32-9-6-16-44-34(32)46-35(39)51/h4-11,16,21,43H,3,12-15,17-20,22-26H2,1-2H3,(H,45,50)(H,44,46,51)/t39-/m1/s1. The van der Waals surface area contributed by atoms with Gasteiger partial charge in [0.25, 0.3) is 5.92 Å². The third-order valence-electron chi connectivity index (χ3n) is 11.8. The van der Waals surface area contributed by atoms with Crippen LogP contribution in [0, 0.1) is 5.41 Å². The highest BCUT2D eigenvalue weighted by atomic mass is 19.3. The van der Waals surface area contributed by atoms with Gasteiger partial charge in [0.2, 0.25) is 17.7 Å². The van der Waals surface area contributed by atoms with Crippen molar-refractivity contribution >= 4 is 35.3 Å². The van der Waals surface area contributed by atoms with E-state index < -0.39 is 16.8 Å². The van der Waals surface area contributed by atoms with E-state index in [1.54, 1.807) is 16.0 Å². The zero-order valence-corrected chi connectivity index (χ0v) is 30.4. The Hall–Kier alpha value is -4.91. The quantitative estimate of drug-likeness (QED) is 0.282. The monoisotopic (exact) mass is 727 g/mol. The molecule has 2 aromatic carbocycles. The van der Waals surface area contributed by atoms with Crippen LogP contribution in [0.25, 0.3) is 0 Å². The molecule has 1 spiro atoms. The zero-order chi connectivity index (χ0) is 37.4. The number of likely N-dealkylation sites (tertiary alicyclic amines) is 2. The van der Waals surface area contributed by atoms with Crippen molar-refractivity contribution in [3.63, 3.8) is 0 Å². The zero-order valence-electron chi connectivity index (χ0n) is 30.4. The maximum absolute atomic E-state index is 14.7. The fourth-order valence-electron chi connectivity index (χ4n) is 8.60. The van der Waals surface area contributed by atoms with Crippen LogP contribution in [0.5, 0.6) is 0 Å². The smallest absolute Gasteiger partial charge is 0.320 e. The molecule has 2 fully saturated rings. The van der Waals surface area contributed by atoms with Crippen molar-refractivity contribution in [2.75, 3.05) is 50.4 Å². The number of carbonyl (C=O) groups excluding carboxylic acids is 4. The van der Waals surface area contributed by atoms with Crippen LogP contribution in [0.15, 0.2) is 60.8 Å². The lowest BCUT2D eigenvalue weighted by Gasteiger charge is -2.44. The fraction of sp³-hybridized carbons (Fsp3) is 0.475. The number of benzene rings is 2. The molecule has 7 rings (SSSR count). The predicted molar refractivity (Wildman–Crippen MR) is 196 cm³/mol. The number of aromatic nitrogens is 1. The Morgan fingerprint density at radius 3 is 2.28 bits per heavy atom. The summed E-state index contributed by atoms with van der Waals surface area (Å²) in [6.07, 6.45) is 3.37. The molecular formula is C40H47F2N7O4. The number of anilines is 2. The van der Waals surface area contributed by atoms with E-state index >= 15 is 0 Å². The molecule has 1 aliphatic carbocycles. The summed E-state index contributed by atoms with van der Waals surface area (Å²) in [6, 6.07) is 17.1. The molecule has 13 heteroatoms. The van der Waals surface area contributed by atoms with E-state index in [0.717, 1.165) is 27.8 Å². The molecule has 0 saturated carbocycles. The average Bonchev–Trinajstić information content (AvgIpc) is 3.67. The number of hydrogen-bond donors (Lipinski definition) is 3. The normalized spacial score (nSPS) is 21.2. The van der Waals surface area contributed by atoms with Crippen molar-refractivity contribution in [2.24, 2.45) is 5.41 Å². The number of urea groups is 1. The lowest BCUT2D eigenvalue weighted by Crippen LogP contribution is -2.55. The van der Waals surface area contributed by atoms with E-state index in [1.807, 2.05) is 68.6 Å². The number of nitrogens with one attached hydrogen (secondary N) is 3. The molecule has 5 amide bonds. The van der Waals surface area contributed by atoms with Crippen LogP contribution in [-0.2, 0) is 45.7 Å². The molecule has 3 aliphatic heterocycles. The van der Waals surface area contributed by atoms with E-state index in [1.165, 1.54) is 4.90 Å². The molecule has 4 heterocycles. The Bertz CT molecular complexity index is 1900. The first kappa shape index (κ1) is 36.4. The first-order chi connectivity index (χ1) is 25.5. The first-order valence-electron chi connectivity index (χ1n) is 18.6. The molecule has 280 valence electrons. The fourth-order valence-corrected chi connectivity index (χ4v) is 8.60. The van der Waals surface area contributed by atoms with E-state index in [9.17, 15) is 28.0 Å². The Morgan fingerprint density at radius 2 is 1.58 bits per heavy atom. The van der Waals surface area contributed by atoms with Gasteiger partial charge >= 0.3 is 6.03 Å². The molecule has 1 atom stereocenters. The molecule has 2 saturated heterocycles. The lowest BCUT2D eigenvalue weighted by molar-refractivity contribution is -0.148. The number of halogens is 2. The van der Waals surface area contributed by atoms with Gasteiger partial charge in [-0.2, -0.15) is 0 Å². The summed E-state index contributed by atoms with van der Waals surface area (Å²) in [7, 11) is 1.86. The van der Waals surface area contributed by atoms with Crippen molar-refractivity contribution in [3.8, 4) is 0 Å². The number of pyridine rings is 1. The van der Waals surface area contributed by atoms with Gasteiger partial charge < -0.3 is 30.7 Å². The van der Waals surface area contributed by atoms with Gasteiger partial charge in [0.05, 0.1) is 10.8 Å². The molecule has 1 aromatic heterocycles. The highest BCUT2D eigenvalue weighted by Crippen LogP contribution is 2.47. The van der Waals surface area contributed by atoms with Gasteiger partial charge in [-0.25, -0.2) is 18.6 Å². The molecule has 11 nitrogen and oxygen atoms in total. The van der Waals surface area contributed by atoms with Crippen LogP contribution in [0.3, 0.4) is 0 Å². The van der Waals surface area contributed by atoms with Gasteiger partial charge in [0, 0.05) is 69.6 Å². The molecule has 3 aromatic rings. The van der Waals surface area contributed by atoms with Crippen LogP contribution in [0.4, 0.5) is 25.1 Å². The third kappa shape index (κ3) is 7.10. The van der Waals surface area contributed by atoms with Gasteiger partial charge in [0.15, 0.2) is 0 Å². The van der Waals surface area contributed by atoms with Crippen LogP contribution in [0.1, 0.15) is 66.8 Å². The number of fused-ring (bicyclic) bond motifs is 3. The Labute approximate surface area is 308 Å². The molecular weight excluding hydrogens is 680 g/mol. The maximum atomic E-state index is 14.7. The van der Waals surface area contributed by atoms with Gasteiger partial charge in [0.1, 0.15) is 12.4 Å². The van der Waals surface area contributed by atoms with Crippen LogP contribution >= 0.6 is 0 Å². The summed E-state index contributed by atoms with van der Waals surface area (Å²) < 4.78 is 27.5. The number of nitrogens with zero attached hydrogens (tertiary/aromatic N) is 4. The van der Waals surface area contributed by atoms with E-state index in [4.69, 9.17) is 0 Å². The Balaban J connectivity index is 1.07. The first-order valence-corrected chi connectivity index (χ1v) is 18.6. The lowest BCUT2D eigenvalue weighted by atomic mass is 9.74. The van der Waals surface area contributed by atoms with Crippen molar-refractivity contribution in [3.05, 3.63) is 88.6 Å². The van der Waals surface area contributed by atoms with Gasteiger partial charge in [-0.15, -0.1) is 0 Å². The summed E-state index contributed by atoms with van der Waals surface area (Å²) >= 11 is 0. The van der Waals surface area contributed by atoms with Gasteiger partial charge in [-0.05, 0) is 79.6 Å². The summed E-state index contributed by atoms with van der Waals surface area (Å²) in [6.45, 7) is 3.30. The molecule has 4 aliphatic rings. The average molecular weight is 728 g/mol. The van der Waals surface area contributed by atoms with E-state index in [0.29, 0.717) is 63.2 Å². The van der Waals surface area contributed by atoms with Crippen LogP contribution in [0.2, 0.25) is 0 Å². The minimum absolute atomic E-state index is 0.0148. The maximum Gasteiger partial charge on any atom is 0.320 e. The van der Waals surface area contributed by atoms with Gasteiger partial charge in [-0.1, -0.05) is 43.3 Å². The Morgan fingerprint density at radius 1 is 0.906 bits per heavy atom. The molecule has 3 N–H and O–H groups in total. The summed E-state index contributed by atoms with van der Waals surface area (Å²) in [5.41, 5.74) is 3.92. The van der Waals surface area contributed by atoms with Crippen LogP contribution in [-0.4, -0.2) is 89.1 Å². The highest BCUT2D eigenvalue weighted by Gasteiger charge is 2.51. The molecule has 53 heavy (non-hydrogen) atoms. The summed E-state index contributed by atoms with van der Waals surface area (Å²) in [5, 5.41) is 9.13. The second-order valence-corrected chi connectivity index (χ2v) is 15.0. The molecule has 0 unspecified atom stereocenters. The van der Waals surface area contributed by atoms with Gasteiger partial charge in [-0.3, -0.25) is 14.4 Å². The highest BCUT2D eigenvalue weighted by molar-refractivity contribution is 6.06. The topological polar surface area (TPSA) is 127 Å². The molecule has 0 bridgehead atoms. The number of alkyl halides is 2. The third-order valence-corrected chi connectivity index (χ3v) is 11.8. The summed E-state index contributed by atoms with van der Waals surface area (Å²) in [4.78, 5) is 64.1.